The predicted molar refractivity (Wildman–Crippen MR) is 284 cm³/mol. The molecule has 0 rings (SSSR count). The Hall–Kier alpha value is -1.28. The summed E-state index contributed by atoms with van der Waals surface area (Å²) in [6.07, 6.45) is 62.1. The monoisotopic (exact) mass is 953 g/mol. The number of hydrogen-bond donors (Lipinski definition) is 1. The van der Waals surface area contributed by atoms with Crippen LogP contribution in [0.25, 0.3) is 0 Å². The van der Waals surface area contributed by atoms with Gasteiger partial charge >= 0.3 is 13.8 Å². The van der Waals surface area contributed by atoms with Crippen molar-refractivity contribution in [2.75, 3.05) is 54.1 Å². The minimum absolute atomic E-state index is 0.0870. The molecule has 0 aliphatic heterocycles. The first-order valence-corrected chi connectivity index (χ1v) is 29.7. The molecule has 0 aromatic heterocycles. The van der Waals surface area contributed by atoms with Gasteiger partial charge in [0.1, 0.15) is 19.3 Å². The highest BCUT2D eigenvalue weighted by Crippen LogP contribution is 2.43. The van der Waals surface area contributed by atoms with Crippen molar-refractivity contribution in [3.63, 3.8) is 0 Å². The standard InChI is InChI=1S/C57H110NO7P/c1-6-8-10-12-14-16-18-20-22-24-26-27-28-29-30-31-33-35-37-39-41-43-45-47-49-52-62-54-56(55-64-66(60,61)63-53-51-58(3,4)5)65-57(59)50-48-46-44-42-40-38-36-34-32-25-23-21-19-17-15-13-11-9-7-2/h15,17,21,23,32,34,56H,6-14,16,18-20,22,24-31,33,35-55H2,1-5H3/p+1/b17-15-,23-21-,34-32-. The SMILES string of the molecule is CCCCC/C=C\C/C=C\C/C=C\CCCCCCCCC(=O)OC(COCCCCCCCCCCCCCCCCCCCCCCCCCCC)COP(=O)(O)OCC[N+](C)(C)C. The number of carbonyl (C=O) groups excluding carboxylic acids is 1. The van der Waals surface area contributed by atoms with Gasteiger partial charge in [-0.3, -0.25) is 13.8 Å². The number of phosphoric acid groups is 1. The molecular weight excluding hydrogens is 842 g/mol. The topological polar surface area (TPSA) is 91.3 Å². The molecule has 0 heterocycles. The summed E-state index contributed by atoms with van der Waals surface area (Å²) < 4.78 is 35.2. The maximum atomic E-state index is 12.8. The number of carbonyl (C=O) groups is 1. The molecule has 66 heavy (non-hydrogen) atoms. The van der Waals surface area contributed by atoms with Crippen molar-refractivity contribution >= 4 is 13.8 Å². The van der Waals surface area contributed by atoms with Gasteiger partial charge in [0.25, 0.3) is 0 Å². The normalized spacial score (nSPS) is 13.7. The van der Waals surface area contributed by atoms with Gasteiger partial charge in [0.05, 0.1) is 34.4 Å². The van der Waals surface area contributed by atoms with Gasteiger partial charge in [0.2, 0.25) is 0 Å². The second-order valence-corrected chi connectivity index (χ2v) is 21.8. The van der Waals surface area contributed by atoms with E-state index in [1.54, 1.807) is 0 Å². The molecule has 0 radical (unpaired) electrons. The van der Waals surface area contributed by atoms with E-state index in [2.05, 4.69) is 50.3 Å². The highest BCUT2D eigenvalue weighted by atomic mass is 31.2. The molecule has 0 saturated heterocycles. The average Bonchev–Trinajstić information content (AvgIpc) is 3.28. The Kier molecular flexibility index (Phi) is 49.1. The molecule has 0 aromatic carbocycles. The van der Waals surface area contributed by atoms with Crippen molar-refractivity contribution in [2.45, 2.75) is 270 Å². The van der Waals surface area contributed by atoms with E-state index in [0.717, 1.165) is 57.8 Å². The summed E-state index contributed by atoms with van der Waals surface area (Å²) in [6, 6.07) is 0. The third-order valence-corrected chi connectivity index (χ3v) is 13.4. The number of likely N-dealkylation sites (N-methyl/N-ethyl adjacent to an activating group) is 1. The first kappa shape index (κ1) is 64.7. The second-order valence-electron chi connectivity index (χ2n) is 20.3. The van der Waals surface area contributed by atoms with E-state index in [4.69, 9.17) is 18.5 Å². The molecule has 0 bridgehead atoms. The number of quaternary nitrogens is 1. The van der Waals surface area contributed by atoms with Crippen LogP contribution in [0.1, 0.15) is 264 Å². The van der Waals surface area contributed by atoms with Gasteiger partial charge in [-0.2, -0.15) is 0 Å². The molecule has 0 fully saturated rings. The zero-order valence-electron chi connectivity index (χ0n) is 44.4. The smallest absolute Gasteiger partial charge is 0.457 e. The van der Waals surface area contributed by atoms with Crippen molar-refractivity contribution in [3.05, 3.63) is 36.5 Å². The lowest BCUT2D eigenvalue weighted by molar-refractivity contribution is -0.870. The lowest BCUT2D eigenvalue weighted by atomic mass is 10.0. The van der Waals surface area contributed by atoms with Gasteiger partial charge < -0.3 is 18.9 Å². The Morgan fingerprint density at radius 2 is 0.833 bits per heavy atom. The molecule has 0 aromatic rings. The van der Waals surface area contributed by atoms with Gasteiger partial charge in [-0.05, 0) is 51.4 Å². The maximum Gasteiger partial charge on any atom is 0.472 e. The molecule has 1 N–H and O–H groups in total. The number of allylic oxidation sites excluding steroid dienone is 6. The van der Waals surface area contributed by atoms with E-state index >= 15 is 0 Å². The number of nitrogens with zero attached hydrogens (tertiary/aromatic N) is 1. The van der Waals surface area contributed by atoms with Gasteiger partial charge in [-0.1, -0.05) is 243 Å². The van der Waals surface area contributed by atoms with E-state index in [-0.39, 0.29) is 25.8 Å². The third kappa shape index (κ3) is 53.7. The Labute approximate surface area is 410 Å². The predicted octanol–water partition coefficient (Wildman–Crippen LogP) is 17.7. The molecule has 2 atom stereocenters. The summed E-state index contributed by atoms with van der Waals surface area (Å²) in [5.41, 5.74) is 0. The number of esters is 1. The average molecular weight is 953 g/mol. The van der Waals surface area contributed by atoms with Crippen LogP contribution < -0.4 is 0 Å². The summed E-state index contributed by atoms with van der Waals surface area (Å²) in [5, 5.41) is 0. The van der Waals surface area contributed by atoms with Gasteiger partial charge in [0, 0.05) is 13.0 Å². The van der Waals surface area contributed by atoms with Crippen LogP contribution in [0.4, 0.5) is 0 Å². The molecule has 0 saturated carbocycles. The molecule has 2 unspecified atom stereocenters. The van der Waals surface area contributed by atoms with Crippen LogP contribution in [0.2, 0.25) is 0 Å². The minimum atomic E-state index is -4.29. The van der Waals surface area contributed by atoms with E-state index in [1.165, 1.54) is 186 Å². The fraction of sp³-hybridized carbons (Fsp3) is 0.877. The number of rotatable bonds is 53. The van der Waals surface area contributed by atoms with Gasteiger partial charge in [0.15, 0.2) is 0 Å². The number of ether oxygens (including phenoxy) is 2. The van der Waals surface area contributed by atoms with E-state index in [1.807, 2.05) is 21.1 Å². The van der Waals surface area contributed by atoms with Crippen molar-refractivity contribution in [2.24, 2.45) is 0 Å². The summed E-state index contributed by atoms with van der Waals surface area (Å²) in [5.74, 6) is -0.321. The van der Waals surface area contributed by atoms with E-state index in [9.17, 15) is 14.3 Å². The van der Waals surface area contributed by atoms with Crippen LogP contribution in [0, 0.1) is 0 Å². The number of hydrogen-bond acceptors (Lipinski definition) is 6. The molecule has 0 amide bonds. The zero-order chi connectivity index (χ0) is 48.3. The molecule has 0 spiro atoms. The van der Waals surface area contributed by atoms with Crippen LogP contribution in [0.3, 0.4) is 0 Å². The quantitative estimate of drug-likeness (QED) is 0.0213. The Bertz CT molecular complexity index is 1150. The highest BCUT2D eigenvalue weighted by Gasteiger charge is 2.26. The van der Waals surface area contributed by atoms with Gasteiger partial charge in [-0.25, -0.2) is 4.57 Å². The molecule has 0 aliphatic carbocycles. The zero-order valence-corrected chi connectivity index (χ0v) is 45.3. The fourth-order valence-electron chi connectivity index (χ4n) is 8.09. The lowest BCUT2D eigenvalue weighted by Crippen LogP contribution is -2.37. The highest BCUT2D eigenvalue weighted by molar-refractivity contribution is 7.47. The minimum Gasteiger partial charge on any atom is -0.457 e. The summed E-state index contributed by atoms with van der Waals surface area (Å²) in [6.45, 7) is 5.63. The molecular formula is C57H111NO7P+. The fourth-order valence-corrected chi connectivity index (χ4v) is 8.83. The Morgan fingerprint density at radius 3 is 1.27 bits per heavy atom. The maximum absolute atomic E-state index is 12.8. The summed E-state index contributed by atoms with van der Waals surface area (Å²) in [7, 11) is 1.67. The molecule has 9 heteroatoms. The molecule has 390 valence electrons. The van der Waals surface area contributed by atoms with Crippen molar-refractivity contribution in [1.29, 1.82) is 0 Å². The number of phosphoric ester groups is 1. The van der Waals surface area contributed by atoms with Crippen molar-refractivity contribution < 1.29 is 37.3 Å². The first-order valence-electron chi connectivity index (χ1n) is 28.2. The van der Waals surface area contributed by atoms with Crippen LogP contribution in [-0.4, -0.2) is 75.6 Å². The summed E-state index contributed by atoms with van der Waals surface area (Å²) in [4.78, 5) is 23.0. The lowest BCUT2D eigenvalue weighted by Gasteiger charge is -2.24. The second kappa shape index (κ2) is 50.1. The Morgan fingerprint density at radius 1 is 0.470 bits per heavy atom. The Balaban J connectivity index is 4.06. The molecule has 0 aliphatic rings. The van der Waals surface area contributed by atoms with Crippen LogP contribution in [0.5, 0.6) is 0 Å². The van der Waals surface area contributed by atoms with Crippen LogP contribution in [-0.2, 0) is 27.9 Å². The van der Waals surface area contributed by atoms with Crippen molar-refractivity contribution in [3.8, 4) is 0 Å². The van der Waals surface area contributed by atoms with Crippen LogP contribution >= 0.6 is 7.82 Å². The number of unbranched alkanes of at least 4 members (excludes halogenated alkanes) is 33. The molecule has 8 nitrogen and oxygen atoms in total. The summed E-state index contributed by atoms with van der Waals surface area (Å²) >= 11 is 0. The van der Waals surface area contributed by atoms with Crippen LogP contribution in [0.15, 0.2) is 36.5 Å². The van der Waals surface area contributed by atoms with Gasteiger partial charge in [-0.15, -0.1) is 0 Å². The van der Waals surface area contributed by atoms with E-state index in [0.29, 0.717) is 24.1 Å². The third-order valence-electron chi connectivity index (χ3n) is 12.5. The largest absolute Gasteiger partial charge is 0.472 e. The first-order chi connectivity index (χ1) is 32.1. The van der Waals surface area contributed by atoms with E-state index < -0.39 is 13.9 Å². The van der Waals surface area contributed by atoms with Crippen molar-refractivity contribution in [1.82, 2.24) is 0 Å².